The number of carbonyl (C=O) groups is 1. The lowest BCUT2D eigenvalue weighted by molar-refractivity contribution is 0.0995. The number of aryl methyl sites for hydroxylation is 1. The van der Waals surface area contributed by atoms with E-state index in [1.807, 2.05) is 13.0 Å². The molecule has 0 aliphatic heterocycles. The third-order valence-corrected chi connectivity index (χ3v) is 3.70. The molecule has 0 atom stereocenters. The summed E-state index contributed by atoms with van der Waals surface area (Å²) in [5, 5.41) is 18.8. The lowest BCUT2D eigenvalue weighted by Crippen LogP contribution is -1.93. The molecular weight excluding hydrogens is 308 g/mol. The molecule has 0 spiro atoms. The van der Waals surface area contributed by atoms with Gasteiger partial charge in [0, 0.05) is 29.9 Å². The van der Waals surface area contributed by atoms with Gasteiger partial charge in [-0.2, -0.15) is 0 Å². The van der Waals surface area contributed by atoms with Gasteiger partial charge in [0.1, 0.15) is 5.75 Å². The van der Waals surface area contributed by atoms with Crippen LogP contribution >= 0.6 is 0 Å². The summed E-state index contributed by atoms with van der Waals surface area (Å²) in [6.45, 7) is 2.47. The minimum Gasteiger partial charge on any atom is -0.497 e. The van der Waals surface area contributed by atoms with E-state index < -0.39 is 5.91 Å². The van der Waals surface area contributed by atoms with Gasteiger partial charge in [0.05, 0.1) is 12.6 Å². The molecule has 0 unspecified atom stereocenters. The molecule has 0 bridgehead atoms. The number of amides is 1. The zero-order valence-corrected chi connectivity index (χ0v) is 13.3. The number of pyridine rings is 1. The first-order valence-corrected chi connectivity index (χ1v) is 7.41. The molecule has 1 amide bonds. The van der Waals surface area contributed by atoms with Crippen LogP contribution in [-0.4, -0.2) is 27.7 Å². The van der Waals surface area contributed by atoms with Gasteiger partial charge in [0.25, 0.3) is 5.91 Å². The van der Waals surface area contributed by atoms with Gasteiger partial charge in [0.15, 0.2) is 5.69 Å². The highest BCUT2D eigenvalue weighted by molar-refractivity contribution is 5.97. The molecule has 2 aromatic heterocycles. The number of aromatic nitrogens is 2. The minimum absolute atomic E-state index is 0.0352. The number of azo groups is 1. The number of benzene rings is 1. The van der Waals surface area contributed by atoms with Gasteiger partial charge in [-0.25, -0.2) is 0 Å². The summed E-state index contributed by atoms with van der Waals surface area (Å²) in [6.07, 6.45) is 3.02. The number of methoxy groups -OCH3 is 1. The Bertz CT molecular complexity index is 916. The maximum Gasteiger partial charge on any atom is 0.295 e. The lowest BCUT2D eigenvalue weighted by atomic mass is 10.2. The second kappa shape index (κ2) is 6.49. The lowest BCUT2D eigenvalue weighted by Gasteiger charge is -2.02. The molecule has 3 rings (SSSR count). The van der Waals surface area contributed by atoms with Crippen LogP contribution in [0.4, 0.5) is 5.69 Å². The SMILES string of the molecule is CCn1c(O)c(N=NC(=O)c2ccncc2)c2cc(OC)ccc21. The highest BCUT2D eigenvalue weighted by atomic mass is 16.5. The van der Waals surface area contributed by atoms with Crippen molar-refractivity contribution >= 4 is 22.5 Å². The van der Waals surface area contributed by atoms with Crippen LogP contribution in [0, 0.1) is 0 Å². The molecule has 122 valence electrons. The molecule has 7 heteroatoms. The van der Waals surface area contributed by atoms with Crippen LogP contribution in [0.15, 0.2) is 53.0 Å². The number of rotatable bonds is 4. The van der Waals surface area contributed by atoms with Crippen molar-refractivity contribution in [1.29, 1.82) is 0 Å². The normalized spacial score (nSPS) is 11.2. The third-order valence-electron chi connectivity index (χ3n) is 3.70. The smallest absolute Gasteiger partial charge is 0.295 e. The number of carbonyl (C=O) groups excluding carboxylic acids is 1. The fourth-order valence-electron chi connectivity index (χ4n) is 2.50. The topological polar surface area (TPSA) is 89.1 Å². The number of aromatic hydroxyl groups is 1. The monoisotopic (exact) mass is 324 g/mol. The molecule has 2 heterocycles. The Hall–Kier alpha value is -3.22. The molecule has 1 aromatic carbocycles. The second-order valence-electron chi connectivity index (χ2n) is 5.04. The van der Waals surface area contributed by atoms with Gasteiger partial charge in [-0.1, -0.05) is 0 Å². The fourth-order valence-corrected chi connectivity index (χ4v) is 2.50. The second-order valence-corrected chi connectivity index (χ2v) is 5.04. The van der Waals surface area contributed by atoms with Gasteiger partial charge in [-0.15, -0.1) is 10.2 Å². The summed E-state index contributed by atoms with van der Waals surface area (Å²) in [5.74, 6) is 0.0942. The number of hydrogen-bond donors (Lipinski definition) is 1. The van der Waals surface area contributed by atoms with Crippen molar-refractivity contribution in [3.63, 3.8) is 0 Å². The summed E-state index contributed by atoms with van der Waals surface area (Å²) in [6, 6.07) is 8.50. The summed E-state index contributed by atoms with van der Waals surface area (Å²) >= 11 is 0. The summed E-state index contributed by atoms with van der Waals surface area (Å²) in [5.41, 5.74) is 1.42. The first-order valence-electron chi connectivity index (χ1n) is 7.41. The first kappa shape index (κ1) is 15.7. The van der Waals surface area contributed by atoms with E-state index in [0.29, 0.717) is 23.2 Å². The van der Waals surface area contributed by atoms with Gasteiger partial charge in [-0.05, 0) is 37.3 Å². The highest BCUT2D eigenvalue weighted by Crippen LogP contribution is 2.40. The van der Waals surface area contributed by atoms with E-state index in [0.717, 1.165) is 5.52 Å². The molecule has 0 aliphatic rings. The molecule has 1 N–H and O–H groups in total. The first-order chi connectivity index (χ1) is 11.7. The zero-order valence-electron chi connectivity index (χ0n) is 13.3. The molecule has 3 aromatic rings. The number of fused-ring (bicyclic) bond motifs is 1. The highest BCUT2D eigenvalue weighted by Gasteiger charge is 2.17. The van der Waals surface area contributed by atoms with Gasteiger partial charge >= 0.3 is 0 Å². The Balaban J connectivity index is 2.06. The van der Waals surface area contributed by atoms with Crippen molar-refractivity contribution in [1.82, 2.24) is 9.55 Å². The molecule has 7 nitrogen and oxygen atoms in total. The fraction of sp³-hybridized carbons (Fsp3) is 0.176. The van der Waals surface area contributed by atoms with E-state index in [9.17, 15) is 9.90 Å². The predicted molar refractivity (Wildman–Crippen MR) is 88.9 cm³/mol. The number of ether oxygens (including phenoxy) is 1. The predicted octanol–water partition coefficient (Wildman–Crippen LogP) is 3.69. The Kier molecular flexibility index (Phi) is 4.24. The maximum atomic E-state index is 12.1. The average Bonchev–Trinajstić information content (AvgIpc) is 2.90. The maximum absolute atomic E-state index is 12.1. The number of nitrogens with zero attached hydrogens (tertiary/aromatic N) is 4. The molecule has 0 saturated heterocycles. The van der Waals surface area contributed by atoms with E-state index in [1.54, 1.807) is 35.9 Å². The van der Waals surface area contributed by atoms with Crippen LogP contribution in [0.1, 0.15) is 17.3 Å². The van der Waals surface area contributed by atoms with E-state index in [1.165, 1.54) is 12.4 Å². The third kappa shape index (κ3) is 2.71. The Labute approximate surface area is 138 Å². The van der Waals surface area contributed by atoms with Crippen LogP contribution in [-0.2, 0) is 6.54 Å². The van der Waals surface area contributed by atoms with Gasteiger partial charge < -0.3 is 14.4 Å². The molecule has 0 fully saturated rings. The Morgan fingerprint density at radius 1 is 1.29 bits per heavy atom. The van der Waals surface area contributed by atoms with Crippen LogP contribution in [0.2, 0.25) is 0 Å². The minimum atomic E-state index is -0.503. The van der Waals surface area contributed by atoms with E-state index in [4.69, 9.17) is 4.74 Å². The Morgan fingerprint density at radius 3 is 2.71 bits per heavy atom. The van der Waals surface area contributed by atoms with Crippen LogP contribution in [0.3, 0.4) is 0 Å². The molecule has 0 saturated carbocycles. The van der Waals surface area contributed by atoms with E-state index in [2.05, 4.69) is 15.2 Å². The molecule has 24 heavy (non-hydrogen) atoms. The molecular formula is C17H16N4O3. The quantitative estimate of drug-likeness (QED) is 0.741. The van der Waals surface area contributed by atoms with Crippen molar-refractivity contribution in [2.24, 2.45) is 10.2 Å². The van der Waals surface area contributed by atoms with Crippen molar-refractivity contribution in [2.75, 3.05) is 7.11 Å². The summed E-state index contributed by atoms with van der Waals surface area (Å²) < 4.78 is 6.91. The van der Waals surface area contributed by atoms with Crippen LogP contribution < -0.4 is 4.74 Å². The summed E-state index contributed by atoms with van der Waals surface area (Å²) in [4.78, 5) is 15.9. The summed E-state index contributed by atoms with van der Waals surface area (Å²) in [7, 11) is 1.56. The zero-order chi connectivity index (χ0) is 17.1. The van der Waals surface area contributed by atoms with Crippen molar-refractivity contribution in [2.45, 2.75) is 13.5 Å². The van der Waals surface area contributed by atoms with E-state index in [-0.39, 0.29) is 11.6 Å². The molecule has 0 radical (unpaired) electrons. The number of hydrogen-bond acceptors (Lipinski definition) is 5. The Morgan fingerprint density at radius 2 is 2.04 bits per heavy atom. The van der Waals surface area contributed by atoms with Crippen molar-refractivity contribution in [3.8, 4) is 11.6 Å². The largest absolute Gasteiger partial charge is 0.497 e. The van der Waals surface area contributed by atoms with Crippen molar-refractivity contribution < 1.29 is 14.6 Å². The van der Waals surface area contributed by atoms with Gasteiger partial charge in [0.2, 0.25) is 5.88 Å². The van der Waals surface area contributed by atoms with Gasteiger partial charge in [-0.3, -0.25) is 9.78 Å². The van der Waals surface area contributed by atoms with Crippen molar-refractivity contribution in [3.05, 3.63) is 48.3 Å². The van der Waals surface area contributed by atoms with Crippen LogP contribution in [0.25, 0.3) is 10.9 Å². The average molecular weight is 324 g/mol. The van der Waals surface area contributed by atoms with E-state index >= 15 is 0 Å². The standard InChI is InChI=1S/C17H16N4O3/c1-3-21-14-5-4-12(24-2)10-13(14)15(17(21)23)19-20-16(22)11-6-8-18-9-7-11/h4-10,23H,3H2,1-2H3. The molecule has 0 aliphatic carbocycles. The van der Waals surface area contributed by atoms with Crippen LogP contribution in [0.5, 0.6) is 11.6 Å².